The summed E-state index contributed by atoms with van der Waals surface area (Å²) >= 11 is 0. The van der Waals surface area contributed by atoms with Crippen molar-refractivity contribution in [2.75, 3.05) is 7.11 Å². The molecule has 0 unspecified atom stereocenters. The average molecular weight is 342 g/mol. The summed E-state index contributed by atoms with van der Waals surface area (Å²) < 4.78 is 5.79. The molecule has 0 aliphatic heterocycles. The van der Waals surface area contributed by atoms with Gasteiger partial charge >= 0.3 is 5.97 Å². The van der Waals surface area contributed by atoms with Crippen LogP contribution in [-0.2, 0) is 14.3 Å². The number of carboxylic acid groups (broad SMARTS) is 1. The number of rotatable bonds is 3. The summed E-state index contributed by atoms with van der Waals surface area (Å²) in [5.74, 6) is 0.697. The number of hydrogen-bond donors (Lipinski definition) is 1. The first kappa shape index (κ1) is 16.8. The Morgan fingerprint density at radius 1 is 1.28 bits per heavy atom. The SMILES string of the molecule is CO[C@@H]1CC[C@H]2[C@@H]3C=CC4=C(CC(=O)O)C(=O)C=C[C@@H]4[C@H]3CC[C@]12C. The van der Waals surface area contributed by atoms with Gasteiger partial charge in [0.1, 0.15) is 0 Å². The lowest BCUT2D eigenvalue weighted by Crippen LogP contribution is -2.46. The molecule has 4 aliphatic rings. The molecule has 0 aromatic rings. The van der Waals surface area contributed by atoms with Gasteiger partial charge in [0.15, 0.2) is 5.78 Å². The molecule has 0 radical (unpaired) electrons. The van der Waals surface area contributed by atoms with Crippen LogP contribution < -0.4 is 0 Å². The van der Waals surface area contributed by atoms with E-state index >= 15 is 0 Å². The highest BCUT2D eigenvalue weighted by Gasteiger charge is 2.55. The minimum absolute atomic E-state index is 0.141. The molecule has 25 heavy (non-hydrogen) atoms. The van der Waals surface area contributed by atoms with Crippen molar-refractivity contribution in [3.63, 3.8) is 0 Å². The van der Waals surface area contributed by atoms with Crippen molar-refractivity contribution >= 4 is 11.8 Å². The first-order chi connectivity index (χ1) is 12.0. The fraction of sp³-hybridized carbons (Fsp3) is 0.619. The van der Waals surface area contributed by atoms with E-state index in [1.807, 2.05) is 13.2 Å². The van der Waals surface area contributed by atoms with Crippen LogP contribution in [-0.4, -0.2) is 30.1 Å². The number of allylic oxidation sites excluding steroid dienone is 5. The van der Waals surface area contributed by atoms with Gasteiger partial charge in [0.05, 0.1) is 12.5 Å². The Labute approximate surface area is 148 Å². The highest BCUT2D eigenvalue weighted by molar-refractivity contribution is 6.08. The molecule has 0 amide bonds. The third kappa shape index (κ3) is 2.45. The van der Waals surface area contributed by atoms with Crippen molar-refractivity contribution in [3.05, 3.63) is 35.5 Å². The van der Waals surface area contributed by atoms with E-state index in [-0.39, 0.29) is 23.5 Å². The number of carboxylic acids is 1. The normalized spacial score (nSPS) is 42.2. The van der Waals surface area contributed by atoms with E-state index in [9.17, 15) is 14.7 Å². The van der Waals surface area contributed by atoms with E-state index in [0.29, 0.717) is 29.4 Å². The maximum absolute atomic E-state index is 12.2. The number of aliphatic carboxylic acids is 1. The molecular weight excluding hydrogens is 316 g/mol. The molecule has 4 nitrogen and oxygen atoms in total. The summed E-state index contributed by atoms with van der Waals surface area (Å²) in [5.41, 5.74) is 1.66. The Balaban J connectivity index is 1.71. The van der Waals surface area contributed by atoms with E-state index in [1.165, 1.54) is 6.42 Å². The first-order valence-corrected chi connectivity index (χ1v) is 9.34. The number of ketones is 1. The van der Waals surface area contributed by atoms with Gasteiger partial charge in [-0.3, -0.25) is 9.59 Å². The molecule has 0 heterocycles. The van der Waals surface area contributed by atoms with E-state index in [0.717, 1.165) is 24.8 Å². The zero-order valence-electron chi connectivity index (χ0n) is 14.9. The van der Waals surface area contributed by atoms with Gasteiger partial charge in [-0.25, -0.2) is 0 Å². The number of methoxy groups -OCH3 is 1. The second-order valence-electron chi connectivity index (χ2n) is 8.31. The highest BCUT2D eigenvalue weighted by Crippen LogP contribution is 2.60. The van der Waals surface area contributed by atoms with Gasteiger partial charge in [0.25, 0.3) is 0 Å². The molecule has 4 rings (SSSR count). The monoisotopic (exact) mass is 342 g/mol. The van der Waals surface area contributed by atoms with Crippen LogP contribution in [0, 0.1) is 29.1 Å². The lowest BCUT2D eigenvalue weighted by molar-refractivity contribution is -0.136. The first-order valence-electron chi connectivity index (χ1n) is 9.34. The van der Waals surface area contributed by atoms with E-state index in [2.05, 4.69) is 19.1 Å². The third-order valence-corrected chi connectivity index (χ3v) is 7.33. The van der Waals surface area contributed by atoms with Crippen molar-refractivity contribution in [2.45, 2.75) is 45.1 Å². The number of carbonyl (C=O) groups excluding carboxylic acids is 1. The third-order valence-electron chi connectivity index (χ3n) is 7.33. The maximum Gasteiger partial charge on any atom is 0.307 e. The van der Waals surface area contributed by atoms with Crippen LogP contribution in [0.1, 0.15) is 39.0 Å². The molecule has 0 bridgehead atoms. The van der Waals surface area contributed by atoms with Gasteiger partial charge in [-0.2, -0.15) is 0 Å². The van der Waals surface area contributed by atoms with Crippen LogP contribution in [0.5, 0.6) is 0 Å². The van der Waals surface area contributed by atoms with Crippen molar-refractivity contribution in [2.24, 2.45) is 29.1 Å². The Bertz CT molecular complexity index is 701. The molecule has 0 spiro atoms. The Morgan fingerprint density at radius 3 is 2.80 bits per heavy atom. The highest BCUT2D eigenvalue weighted by atomic mass is 16.5. The summed E-state index contributed by atoms with van der Waals surface area (Å²) in [4.78, 5) is 23.4. The van der Waals surface area contributed by atoms with Crippen LogP contribution in [0.15, 0.2) is 35.5 Å². The molecule has 0 aromatic heterocycles. The van der Waals surface area contributed by atoms with E-state index in [1.54, 1.807) is 6.08 Å². The fourth-order valence-electron chi connectivity index (χ4n) is 6.14. The molecule has 4 aliphatic carbocycles. The smallest absolute Gasteiger partial charge is 0.307 e. The molecule has 2 fully saturated rings. The molecular formula is C21H26O4. The Hall–Kier alpha value is -1.68. The van der Waals surface area contributed by atoms with Crippen LogP contribution >= 0.6 is 0 Å². The molecule has 0 saturated heterocycles. The van der Waals surface area contributed by atoms with Crippen molar-refractivity contribution in [1.82, 2.24) is 0 Å². The summed E-state index contributed by atoms with van der Waals surface area (Å²) in [7, 11) is 1.83. The van der Waals surface area contributed by atoms with Crippen LogP contribution in [0.4, 0.5) is 0 Å². The van der Waals surface area contributed by atoms with Crippen molar-refractivity contribution in [1.29, 1.82) is 0 Å². The van der Waals surface area contributed by atoms with Crippen LogP contribution in [0.2, 0.25) is 0 Å². The van der Waals surface area contributed by atoms with Gasteiger partial charge in [0.2, 0.25) is 0 Å². The molecule has 0 aromatic carbocycles. The summed E-state index contributed by atoms with van der Waals surface area (Å²) in [6, 6.07) is 0. The number of hydrogen-bond acceptors (Lipinski definition) is 3. The topological polar surface area (TPSA) is 63.6 Å². The molecule has 134 valence electrons. The van der Waals surface area contributed by atoms with Gasteiger partial charge in [-0.05, 0) is 60.5 Å². The lowest BCUT2D eigenvalue weighted by Gasteiger charge is -2.51. The zero-order chi connectivity index (χ0) is 17.8. The zero-order valence-corrected chi connectivity index (χ0v) is 14.9. The van der Waals surface area contributed by atoms with E-state index in [4.69, 9.17) is 4.74 Å². The predicted molar refractivity (Wildman–Crippen MR) is 93.9 cm³/mol. The maximum atomic E-state index is 12.2. The fourth-order valence-corrected chi connectivity index (χ4v) is 6.14. The summed E-state index contributed by atoms with van der Waals surface area (Å²) in [6.45, 7) is 2.38. The second kappa shape index (κ2) is 5.94. The molecule has 6 atom stereocenters. The van der Waals surface area contributed by atoms with Gasteiger partial charge in [0, 0.05) is 18.6 Å². The standard InChI is InChI=1S/C21H26O4/c1-21-10-9-14-12-5-7-18(22)16(11-20(23)24)13(12)3-4-15(14)17(21)6-8-19(21)25-2/h3-5,7,12,14-15,17,19H,6,8-11H2,1-2H3,(H,23,24)/t12-,14+,15+,17-,19+,21-/m0/s1. The lowest BCUT2D eigenvalue weighted by atomic mass is 9.54. The van der Waals surface area contributed by atoms with Gasteiger partial charge < -0.3 is 9.84 Å². The summed E-state index contributed by atoms with van der Waals surface area (Å²) in [6.07, 6.45) is 12.7. The van der Waals surface area contributed by atoms with Crippen LogP contribution in [0.3, 0.4) is 0 Å². The minimum Gasteiger partial charge on any atom is -0.481 e. The minimum atomic E-state index is -0.935. The van der Waals surface area contributed by atoms with Crippen molar-refractivity contribution in [3.8, 4) is 0 Å². The molecule has 4 heteroatoms. The van der Waals surface area contributed by atoms with E-state index < -0.39 is 5.97 Å². The Morgan fingerprint density at radius 2 is 2.08 bits per heavy atom. The number of fused-ring (bicyclic) bond motifs is 5. The average Bonchev–Trinajstić information content (AvgIpc) is 2.93. The quantitative estimate of drug-likeness (QED) is 0.852. The van der Waals surface area contributed by atoms with Gasteiger partial charge in [-0.15, -0.1) is 0 Å². The second-order valence-corrected chi connectivity index (χ2v) is 8.31. The number of carbonyl (C=O) groups is 2. The molecule has 2 saturated carbocycles. The largest absolute Gasteiger partial charge is 0.481 e. The number of ether oxygens (including phenoxy) is 1. The van der Waals surface area contributed by atoms with Gasteiger partial charge in [-0.1, -0.05) is 25.2 Å². The Kier molecular flexibility index (Phi) is 3.99. The molecule has 1 N–H and O–H groups in total. The predicted octanol–water partition coefficient (Wildman–Crippen LogP) is 3.54. The van der Waals surface area contributed by atoms with Crippen LogP contribution in [0.25, 0.3) is 0 Å². The summed E-state index contributed by atoms with van der Waals surface area (Å²) in [5, 5.41) is 9.17. The van der Waals surface area contributed by atoms with Crippen molar-refractivity contribution < 1.29 is 19.4 Å².